The Morgan fingerprint density at radius 1 is 1.18 bits per heavy atom. The Bertz CT molecular complexity index is 813. The minimum absolute atomic E-state index is 0.0692. The predicted octanol–water partition coefficient (Wildman–Crippen LogP) is 2.73. The maximum Gasteiger partial charge on any atom is 0.222 e. The lowest BCUT2D eigenvalue weighted by Crippen LogP contribution is -2.17. The number of ether oxygens (including phenoxy) is 1. The fourth-order valence-electron chi connectivity index (χ4n) is 2.77. The first-order valence-electron chi connectivity index (χ1n) is 7.24. The van der Waals surface area contributed by atoms with E-state index in [1.54, 1.807) is 18.5 Å². The van der Waals surface area contributed by atoms with Crippen molar-refractivity contribution in [1.82, 2.24) is 24.5 Å². The molecule has 1 atom stereocenters. The van der Waals surface area contributed by atoms with Crippen LogP contribution >= 0.6 is 0 Å². The second-order valence-corrected chi connectivity index (χ2v) is 5.21. The van der Waals surface area contributed by atoms with Crippen LogP contribution in [0.25, 0.3) is 22.4 Å². The van der Waals surface area contributed by atoms with Gasteiger partial charge in [-0.3, -0.25) is 4.57 Å². The van der Waals surface area contributed by atoms with Crippen molar-refractivity contribution >= 4 is 11.2 Å². The molecule has 1 aliphatic heterocycles. The van der Waals surface area contributed by atoms with E-state index in [1.807, 2.05) is 4.57 Å². The van der Waals surface area contributed by atoms with Crippen LogP contribution in [-0.4, -0.2) is 31.1 Å². The highest BCUT2D eigenvalue weighted by Crippen LogP contribution is 2.29. The number of hydrogen-bond acceptors (Lipinski definition) is 5. The topological polar surface area (TPSA) is 65.7 Å². The van der Waals surface area contributed by atoms with Crippen LogP contribution in [0.2, 0.25) is 0 Å². The van der Waals surface area contributed by atoms with Gasteiger partial charge in [0.15, 0.2) is 5.65 Å². The molecule has 7 heteroatoms. The smallest absolute Gasteiger partial charge is 0.222 e. The van der Waals surface area contributed by atoms with Crippen molar-refractivity contribution in [3.05, 3.63) is 36.9 Å². The summed E-state index contributed by atoms with van der Waals surface area (Å²) in [7, 11) is 0. The number of halogens is 1. The second kappa shape index (κ2) is 5.42. The molecule has 4 rings (SSSR count). The van der Waals surface area contributed by atoms with Gasteiger partial charge in [-0.15, -0.1) is 0 Å². The van der Waals surface area contributed by atoms with Gasteiger partial charge in [-0.2, -0.15) is 4.39 Å². The number of fused-ring (bicyclic) bond motifs is 1. The van der Waals surface area contributed by atoms with E-state index in [0.29, 0.717) is 22.4 Å². The summed E-state index contributed by atoms with van der Waals surface area (Å²) in [6, 6.07) is 3.31. The number of aromatic nitrogens is 5. The molecule has 112 valence electrons. The molecule has 0 spiro atoms. The Kier molecular flexibility index (Phi) is 3.27. The second-order valence-electron chi connectivity index (χ2n) is 5.21. The summed E-state index contributed by atoms with van der Waals surface area (Å²) in [6.45, 7) is 0.736. The summed E-state index contributed by atoms with van der Waals surface area (Å²) >= 11 is 0. The van der Waals surface area contributed by atoms with Gasteiger partial charge in [-0.1, -0.05) is 0 Å². The molecule has 0 radical (unpaired) electrons. The Morgan fingerprint density at radius 3 is 2.95 bits per heavy atom. The van der Waals surface area contributed by atoms with Crippen LogP contribution in [0.4, 0.5) is 4.39 Å². The maximum absolute atomic E-state index is 13.9. The summed E-state index contributed by atoms with van der Waals surface area (Å²) in [5.41, 5.74) is 1.98. The van der Waals surface area contributed by atoms with Crippen LogP contribution in [0.1, 0.15) is 25.5 Å². The van der Waals surface area contributed by atoms with Gasteiger partial charge >= 0.3 is 0 Å². The van der Waals surface area contributed by atoms with Crippen LogP contribution in [0.3, 0.4) is 0 Å². The zero-order valence-electron chi connectivity index (χ0n) is 11.8. The van der Waals surface area contributed by atoms with E-state index in [2.05, 4.69) is 19.9 Å². The Hall–Kier alpha value is -2.41. The zero-order chi connectivity index (χ0) is 14.9. The van der Waals surface area contributed by atoms with Crippen LogP contribution in [-0.2, 0) is 4.74 Å². The molecule has 0 bridgehead atoms. The van der Waals surface area contributed by atoms with Crippen molar-refractivity contribution in [1.29, 1.82) is 0 Å². The molecule has 0 saturated carbocycles. The fourth-order valence-corrected chi connectivity index (χ4v) is 2.77. The summed E-state index contributed by atoms with van der Waals surface area (Å²) in [4.78, 5) is 16.5. The fraction of sp³-hybridized carbons (Fsp3) is 0.333. The molecule has 0 aliphatic carbocycles. The molecule has 3 aromatic rings. The van der Waals surface area contributed by atoms with Gasteiger partial charge in [-0.25, -0.2) is 19.9 Å². The number of nitrogens with zero attached hydrogens (tertiary/aromatic N) is 5. The van der Waals surface area contributed by atoms with Crippen LogP contribution in [0.5, 0.6) is 0 Å². The summed E-state index contributed by atoms with van der Waals surface area (Å²) in [5.74, 6) is -0.564. The molecule has 3 aromatic heterocycles. The van der Waals surface area contributed by atoms with Crippen molar-refractivity contribution in [3.8, 4) is 11.3 Å². The van der Waals surface area contributed by atoms with Crippen molar-refractivity contribution < 1.29 is 9.13 Å². The zero-order valence-corrected chi connectivity index (χ0v) is 11.8. The molecule has 1 fully saturated rings. The van der Waals surface area contributed by atoms with E-state index in [1.165, 1.54) is 12.5 Å². The Labute approximate surface area is 126 Å². The largest absolute Gasteiger partial charge is 0.358 e. The normalized spacial score (nSPS) is 18.7. The highest BCUT2D eigenvalue weighted by molar-refractivity contribution is 5.86. The maximum atomic E-state index is 13.9. The van der Waals surface area contributed by atoms with Crippen molar-refractivity contribution in [3.63, 3.8) is 0 Å². The standard InChI is InChI=1S/C15H14FN5O/c16-14-10(4-3-6-17-14)12-13-15(19-8-18-12)21(9-20-13)11-5-1-2-7-22-11/h3-4,6,8-9,11H,1-2,5,7H2/t11-/m0/s1. The Balaban J connectivity index is 1.85. The molecule has 0 unspecified atom stereocenters. The highest BCUT2D eigenvalue weighted by atomic mass is 19.1. The van der Waals surface area contributed by atoms with Gasteiger partial charge in [0.25, 0.3) is 0 Å². The number of rotatable bonds is 2. The molecule has 1 aliphatic rings. The highest BCUT2D eigenvalue weighted by Gasteiger charge is 2.21. The summed E-state index contributed by atoms with van der Waals surface area (Å²) in [6.07, 6.45) is 7.56. The SMILES string of the molecule is Fc1ncccc1-c1ncnc2c1ncn2[C@@H]1CCCCO1. The molecule has 1 saturated heterocycles. The molecule has 22 heavy (non-hydrogen) atoms. The monoisotopic (exact) mass is 299 g/mol. The summed E-state index contributed by atoms with van der Waals surface area (Å²) in [5, 5.41) is 0. The third-order valence-corrected chi connectivity index (χ3v) is 3.84. The van der Waals surface area contributed by atoms with Crippen molar-refractivity contribution in [2.45, 2.75) is 25.5 Å². The number of hydrogen-bond donors (Lipinski definition) is 0. The van der Waals surface area contributed by atoms with E-state index in [4.69, 9.17) is 4.74 Å². The van der Waals surface area contributed by atoms with E-state index in [0.717, 1.165) is 25.9 Å². The van der Waals surface area contributed by atoms with Crippen LogP contribution in [0, 0.1) is 5.95 Å². The molecule has 0 amide bonds. The lowest BCUT2D eigenvalue weighted by molar-refractivity contribution is -0.0298. The van der Waals surface area contributed by atoms with Crippen LogP contribution in [0.15, 0.2) is 31.0 Å². The first kappa shape index (κ1) is 13.3. The van der Waals surface area contributed by atoms with Crippen LogP contribution < -0.4 is 0 Å². The van der Waals surface area contributed by atoms with E-state index in [9.17, 15) is 4.39 Å². The molecule has 4 heterocycles. The van der Waals surface area contributed by atoms with Gasteiger partial charge < -0.3 is 4.74 Å². The molecule has 0 aromatic carbocycles. The minimum atomic E-state index is -0.564. The van der Waals surface area contributed by atoms with Crippen molar-refractivity contribution in [2.24, 2.45) is 0 Å². The molecule has 0 N–H and O–H groups in total. The molecular weight excluding hydrogens is 285 g/mol. The third kappa shape index (κ3) is 2.14. The number of pyridine rings is 1. The van der Waals surface area contributed by atoms with E-state index in [-0.39, 0.29) is 6.23 Å². The van der Waals surface area contributed by atoms with Gasteiger partial charge in [0, 0.05) is 12.8 Å². The first-order valence-corrected chi connectivity index (χ1v) is 7.24. The molecular formula is C15H14FN5O. The van der Waals surface area contributed by atoms with Crippen molar-refractivity contribution in [2.75, 3.05) is 6.61 Å². The van der Waals surface area contributed by atoms with Gasteiger partial charge in [0.05, 0.1) is 11.9 Å². The first-order chi connectivity index (χ1) is 10.8. The van der Waals surface area contributed by atoms with Gasteiger partial charge in [0.1, 0.15) is 23.8 Å². The number of imidazole rings is 1. The van der Waals surface area contributed by atoms with Gasteiger partial charge in [-0.05, 0) is 31.4 Å². The molecule has 6 nitrogen and oxygen atoms in total. The van der Waals surface area contributed by atoms with Gasteiger partial charge in [0.2, 0.25) is 5.95 Å². The minimum Gasteiger partial charge on any atom is -0.358 e. The lowest BCUT2D eigenvalue weighted by atomic mass is 10.1. The quantitative estimate of drug-likeness (QED) is 0.681. The average molecular weight is 299 g/mol. The predicted molar refractivity (Wildman–Crippen MR) is 77.4 cm³/mol. The van der Waals surface area contributed by atoms with E-state index >= 15 is 0 Å². The third-order valence-electron chi connectivity index (χ3n) is 3.84. The Morgan fingerprint density at radius 2 is 2.14 bits per heavy atom. The average Bonchev–Trinajstić information content (AvgIpc) is 3.00. The van der Waals surface area contributed by atoms with E-state index < -0.39 is 5.95 Å². The summed E-state index contributed by atoms with van der Waals surface area (Å²) < 4.78 is 21.6. The lowest BCUT2D eigenvalue weighted by Gasteiger charge is -2.23.